The fourth-order valence-corrected chi connectivity index (χ4v) is 3.46. The summed E-state index contributed by atoms with van der Waals surface area (Å²) in [6, 6.07) is 8.16. The van der Waals surface area contributed by atoms with Crippen molar-refractivity contribution in [3.8, 4) is 0 Å². The quantitative estimate of drug-likeness (QED) is 0.818. The lowest BCUT2D eigenvalue weighted by molar-refractivity contribution is -0.133. The van der Waals surface area contributed by atoms with Gasteiger partial charge in [0.2, 0.25) is 11.8 Å². The van der Waals surface area contributed by atoms with Crippen molar-refractivity contribution < 1.29 is 9.59 Å². The zero-order chi connectivity index (χ0) is 17.7. The number of carbonyl (C=O) groups is 2. The highest BCUT2D eigenvalue weighted by Gasteiger charge is 2.30. The van der Waals surface area contributed by atoms with E-state index in [-0.39, 0.29) is 41.3 Å². The molecule has 1 aromatic carbocycles. The molecule has 1 saturated heterocycles. The van der Waals surface area contributed by atoms with Gasteiger partial charge in [-0.3, -0.25) is 9.59 Å². The van der Waals surface area contributed by atoms with Crippen LogP contribution in [0.4, 0.5) is 5.69 Å². The van der Waals surface area contributed by atoms with E-state index < -0.39 is 0 Å². The van der Waals surface area contributed by atoms with E-state index in [1.807, 2.05) is 43.0 Å². The molecule has 2 N–H and O–H groups in total. The van der Waals surface area contributed by atoms with Crippen LogP contribution in [-0.4, -0.2) is 52.9 Å². The molecule has 1 heterocycles. The standard InChI is InChI=1S/C18H27N3O2S.ClH/c1-12-5-7-16(8-6-12)20-17(22)11-24-15(4)18(23)21-10-9-19-13(2)14(21)3;/h5-8,13-15,19H,9-11H2,1-4H3,(H,20,22);1H. The number of aryl methyl sites for hydroxylation is 1. The van der Waals surface area contributed by atoms with Crippen molar-refractivity contribution in [1.82, 2.24) is 10.2 Å². The van der Waals surface area contributed by atoms with E-state index in [0.29, 0.717) is 6.04 Å². The van der Waals surface area contributed by atoms with Crippen LogP contribution >= 0.6 is 24.2 Å². The first kappa shape index (κ1) is 21.8. The molecule has 5 nitrogen and oxygen atoms in total. The van der Waals surface area contributed by atoms with Crippen molar-refractivity contribution in [3.63, 3.8) is 0 Å². The highest BCUT2D eigenvalue weighted by atomic mass is 35.5. The van der Waals surface area contributed by atoms with Crippen LogP contribution in [-0.2, 0) is 9.59 Å². The lowest BCUT2D eigenvalue weighted by Gasteiger charge is -2.39. The topological polar surface area (TPSA) is 61.4 Å². The van der Waals surface area contributed by atoms with Gasteiger partial charge in [0, 0.05) is 30.9 Å². The van der Waals surface area contributed by atoms with Crippen molar-refractivity contribution in [2.24, 2.45) is 0 Å². The molecule has 1 aliphatic rings. The van der Waals surface area contributed by atoms with Gasteiger partial charge in [-0.25, -0.2) is 0 Å². The monoisotopic (exact) mass is 385 g/mol. The normalized spacial score (nSPS) is 21.2. The molecular formula is C18H28ClN3O2S. The third kappa shape index (κ3) is 6.20. The van der Waals surface area contributed by atoms with Crippen LogP contribution in [0.3, 0.4) is 0 Å². The first-order valence-corrected chi connectivity index (χ1v) is 9.45. The molecule has 7 heteroatoms. The summed E-state index contributed by atoms with van der Waals surface area (Å²) in [5.41, 5.74) is 1.94. The van der Waals surface area contributed by atoms with Crippen molar-refractivity contribution in [3.05, 3.63) is 29.8 Å². The van der Waals surface area contributed by atoms with Gasteiger partial charge >= 0.3 is 0 Å². The summed E-state index contributed by atoms with van der Waals surface area (Å²) in [4.78, 5) is 26.6. The SMILES string of the molecule is Cc1ccc(NC(=O)CSC(C)C(=O)N2CCNC(C)C2C)cc1.Cl. The van der Waals surface area contributed by atoms with Crippen LogP contribution in [0.2, 0.25) is 0 Å². The summed E-state index contributed by atoms with van der Waals surface area (Å²) >= 11 is 1.39. The Kier molecular flexibility index (Phi) is 8.76. The van der Waals surface area contributed by atoms with Crippen LogP contribution in [0.5, 0.6) is 0 Å². The number of hydrogen-bond acceptors (Lipinski definition) is 4. The van der Waals surface area contributed by atoms with E-state index in [2.05, 4.69) is 24.5 Å². The van der Waals surface area contributed by atoms with E-state index in [9.17, 15) is 9.59 Å². The molecule has 0 radical (unpaired) electrons. The average Bonchev–Trinajstić information content (AvgIpc) is 2.56. The van der Waals surface area contributed by atoms with E-state index in [1.54, 1.807) is 0 Å². The molecule has 0 bridgehead atoms. The second-order valence-electron chi connectivity index (χ2n) is 6.38. The average molecular weight is 386 g/mol. The fraction of sp³-hybridized carbons (Fsp3) is 0.556. The minimum atomic E-state index is -0.221. The predicted molar refractivity (Wildman–Crippen MR) is 108 cm³/mol. The summed E-state index contributed by atoms with van der Waals surface area (Å²) in [5.74, 6) is 0.311. The first-order chi connectivity index (χ1) is 11.4. The second kappa shape index (κ2) is 10.0. The Hall–Kier alpha value is -1.24. The van der Waals surface area contributed by atoms with Crippen molar-refractivity contribution in [2.45, 2.75) is 45.0 Å². The van der Waals surface area contributed by atoms with Gasteiger partial charge in [0.15, 0.2) is 0 Å². The molecule has 25 heavy (non-hydrogen) atoms. The maximum Gasteiger partial charge on any atom is 0.235 e. The summed E-state index contributed by atoms with van der Waals surface area (Å²) < 4.78 is 0. The molecule has 0 aromatic heterocycles. The van der Waals surface area contributed by atoms with Gasteiger partial charge in [0.05, 0.1) is 11.0 Å². The molecule has 0 aliphatic carbocycles. The Morgan fingerprint density at radius 3 is 2.60 bits per heavy atom. The largest absolute Gasteiger partial charge is 0.336 e. The number of amides is 2. The highest BCUT2D eigenvalue weighted by molar-refractivity contribution is 8.01. The summed E-state index contributed by atoms with van der Waals surface area (Å²) in [6.07, 6.45) is 0. The molecule has 1 fully saturated rings. The van der Waals surface area contributed by atoms with E-state index >= 15 is 0 Å². The maximum absolute atomic E-state index is 12.6. The van der Waals surface area contributed by atoms with Gasteiger partial charge in [-0.2, -0.15) is 0 Å². The Labute approximate surface area is 160 Å². The third-order valence-electron chi connectivity index (χ3n) is 4.46. The van der Waals surface area contributed by atoms with Crippen LogP contribution in [0, 0.1) is 6.92 Å². The van der Waals surface area contributed by atoms with Crippen LogP contribution in [0.15, 0.2) is 24.3 Å². The number of piperazine rings is 1. The molecule has 0 saturated carbocycles. The van der Waals surface area contributed by atoms with E-state index in [4.69, 9.17) is 0 Å². The van der Waals surface area contributed by atoms with Crippen molar-refractivity contribution in [1.29, 1.82) is 0 Å². The van der Waals surface area contributed by atoms with E-state index in [1.165, 1.54) is 11.8 Å². The number of carbonyl (C=O) groups excluding carboxylic acids is 2. The fourth-order valence-electron chi connectivity index (χ4n) is 2.71. The van der Waals surface area contributed by atoms with Gasteiger partial charge in [0.25, 0.3) is 0 Å². The Balaban J connectivity index is 0.00000312. The molecule has 2 amide bonds. The Morgan fingerprint density at radius 1 is 1.32 bits per heavy atom. The molecule has 0 spiro atoms. The third-order valence-corrected chi connectivity index (χ3v) is 5.60. The summed E-state index contributed by atoms with van der Waals surface area (Å²) in [7, 11) is 0. The highest BCUT2D eigenvalue weighted by Crippen LogP contribution is 2.18. The van der Waals surface area contributed by atoms with Crippen molar-refractivity contribution in [2.75, 3.05) is 24.2 Å². The lowest BCUT2D eigenvalue weighted by Crippen LogP contribution is -2.58. The zero-order valence-electron chi connectivity index (χ0n) is 15.2. The van der Waals surface area contributed by atoms with Gasteiger partial charge in [-0.1, -0.05) is 17.7 Å². The Morgan fingerprint density at radius 2 is 1.96 bits per heavy atom. The number of rotatable bonds is 5. The summed E-state index contributed by atoms with van der Waals surface area (Å²) in [5, 5.41) is 6.02. The second-order valence-corrected chi connectivity index (χ2v) is 7.71. The first-order valence-electron chi connectivity index (χ1n) is 8.40. The predicted octanol–water partition coefficient (Wildman–Crippen LogP) is 2.69. The van der Waals surface area contributed by atoms with Crippen LogP contribution in [0.25, 0.3) is 0 Å². The molecular weight excluding hydrogens is 358 g/mol. The number of anilines is 1. The number of hydrogen-bond donors (Lipinski definition) is 2. The number of nitrogens with zero attached hydrogens (tertiary/aromatic N) is 1. The van der Waals surface area contributed by atoms with Gasteiger partial charge < -0.3 is 15.5 Å². The maximum atomic E-state index is 12.6. The smallest absolute Gasteiger partial charge is 0.235 e. The number of thioether (sulfide) groups is 1. The van der Waals surface area contributed by atoms with Gasteiger partial charge in [0.1, 0.15) is 0 Å². The molecule has 1 aromatic rings. The Bertz CT molecular complexity index is 582. The van der Waals surface area contributed by atoms with Crippen LogP contribution in [0.1, 0.15) is 26.3 Å². The van der Waals surface area contributed by atoms with Crippen LogP contribution < -0.4 is 10.6 Å². The van der Waals surface area contributed by atoms with Gasteiger partial charge in [-0.05, 0) is 39.8 Å². The van der Waals surface area contributed by atoms with E-state index in [0.717, 1.165) is 24.3 Å². The number of halogens is 1. The minimum Gasteiger partial charge on any atom is -0.336 e. The molecule has 1 aliphatic heterocycles. The molecule has 2 rings (SSSR count). The summed E-state index contributed by atoms with van der Waals surface area (Å²) in [6.45, 7) is 9.60. The molecule has 3 atom stereocenters. The minimum absolute atomic E-state index is 0. The lowest BCUT2D eigenvalue weighted by atomic mass is 10.1. The number of nitrogens with one attached hydrogen (secondary N) is 2. The molecule has 3 unspecified atom stereocenters. The zero-order valence-corrected chi connectivity index (χ0v) is 16.9. The molecule has 140 valence electrons. The van der Waals surface area contributed by atoms with Gasteiger partial charge in [-0.15, -0.1) is 24.2 Å². The van der Waals surface area contributed by atoms with Crippen molar-refractivity contribution >= 4 is 41.7 Å². The number of benzene rings is 1.